The van der Waals surface area contributed by atoms with Gasteiger partial charge in [-0.2, -0.15) is 0 Å². The van der Waals surface area contributed by atoms with Crippen LogP contribution in [0.4, 0.5) is 20.6 Å². The molecular formula is C22H26FN3O2. The van der Waals surface area contributed by atoms with Gasteiger partial charge in [-0.15, -0.1) is 0 Å². The van der Waals surface area contributed by atoms with E-state index in [0.29, 0.717) is 23.4 Å². The van der Waals surface area contributed by atoms with Gasteiger partial charge in [0.25, 0.3) is 0 Å². The molecule has 0 bridgehead atoms. The first-order chi connectivity index (χ1) is 13.3. The Morgan fingerprint density at radius 3 is 2.68 bits per heavy atom. The van der Waals surface area contributed by atoms with E-state index in [1.54, 1.807) is 20.1 Å². The lowest BCUT2D eigenvalue weighted by molar-refractivity contribution is 0.251. The quantitative estimate of drug-likeness (QED) is 0.494. The monoisotopic (exact) mass is 383 g/mol. The summed E-state index contributed by atoms with van der Waals surface area (Å²) in [4.78, 5) is 16.7. The highest BCUT2D eigenvalue weighted by atomic mass is 19.1. The van der Waals surface area contributed by atoms with Gasteiger partial charge in [-0.1, -0.05) is 12.2 Å². The molecule has 2 N–H and O–H groups in total. The van der Waals surface area contributed by atoms with Crippen LogP contribution in [0.15, 0.2) is 47.5 Å². The van der Waals surface area contributed by atoms with Crippen LogP contribution in [-0.4, -0.2) is 19.4 Å². The summed E-state index contributed by atoms with van der Waals surface area (Å²) >= 11 is 0. The maximum atomic E-state index is 13.3. The van der Waals surface area contributed by atoms with Crippen molar-refractivity contribution in [3.8, 4) is 5.75 Å². The van der Waals surface area contributed by atoms with Gasteiger partial charge in [0.15, 0.2) is 0 Å². The summed E-state index contributed by atoms with van der Waals surface area (Å²) < 4.78 is 18.8. The van der Waals surface area contributed by atoms with E-state index in [0.717, 1.165) is 22.4 Å². The lowest BCUT2D eigenvalue weighted by Crippen LogP contribution is -2.28. The maximum absolute atomic E-state index is 13.3. The number of methoxy groups -OCH3 is 1. The number of hydrogen-bond acceptors (Lipinski definition) is 3. The van der Waals surface area contributed by atoms with E-state index >= 15 is 0 Å². The van der Waals surface area contributed by atoms with Crippen molar-refractivity contribution in [1.29, 1.82) is 0 Å². The van der Waals surface area contributed by atoms with Crippen LogP contribution in [0.1, 0.15) is 30.0 Å². The number of anilines is 1. The fourth-order valence-electron chi connectivity index (χ4n) is 2.64. The van der Waals surface area contributed by atoms with Gasteiger partial charge in [-0.3, -0.25) is 4.99 Å². The molecule has 2 amide bonds. The van der Waals surface area contributed by atoms with Crippen LogP contribution in [0.3, 0.4) is 0 Å². The molecule has 0 unspecified atom stereocenters. The SMILES string of the molecule is C=C(C)C/C=N\c1ccc(OC)c(CNC(=O)Nc2ccc(F)c(C)c2)c1C. The summed E-state index contributed by atoms with van der Waals surface area (Å²) in [7, 11) is 1.59. The fourth-order valence-corrected chi connectivity index (χ4v) is 2.64. The molecule has 0 saturated carbocycles. The third kappa shape index (κ3) is 5.67. The number of carbonyl (C=O) groups is 1. The Hall–Kier alpha value is -3.15. The number of amides is 2. The molecule has 2 aromatic carbocycles. The van der Waals surface area contributed by atoms with Crippen molar-refractivity contribution in [2.24, 2.45) is 4.99 Å². The molecule has 0 aliphatic heterocycles. The number of ether oxygens (including phenoxy) is 1. The molecule has 2 aromatic rings. The van der Waals surface area contributed by atoms with Crippen molar-refractivity contribution in [3.63, 3.8) is 0 Å². The van der Waals surface area contributed by atoms with E-state index in [1.165, 1.54) is 12.1 Å². The first-order valence-electron chi connectivity index (χ1n) is 8.96. The van der Waals surface area contributed by atoms with E-state index in [-0.39, 0.29) is 18.4 Å². The summed E-state index contributed by atoms with van der Waals surface area (Å²) in [5.74, 6) is 0.365. The Labute approximate surface area is 165 Å². The van der Waals surface area contributed by atoms with Crippen molar-refractivity contribution in [1.82, 2.24) is 5.32 Å². The number of rotatable bonds is 7. The number of allylic oxidation sites excluding steroid dienone is 1. The summed E-state index contributed by atoms with van der Waals surface area (Å²) in [5.41, 5.74) is 4.61. The molecule has 0 heterocycles. The number of hydrogen-bond donors (Lipinski definition) is 2. The lowest BCUT2D eigenvalue weighted by Gasteiger charge is -2.15. The molecule has 0 aliphatic rings. The van der Waals surface area contributed by atoms with Gasteiger partial charge in [0.05, 0.1) is 12.8 Å². The molecule has 0 radical (unpaired) electrons. The van der Waals surface area contributed by atoms with Crippen LogP contribution in [0.25, 0.3) is 0 Å². The summed E-state index contributed by atoms with van der Waals surface area (Å²) in [5, 5.41) is 5.51. The van der Waals surface area contributed by atoms with Gasteiger partial charge in [0.1, 0.15) is 11.6 Å². The van der Waals surface area contributed by atoms with E-state index in [2.05, 4.69) is 22.2 Å². The summed E-state index contributed by atoms with van der Waals surface area (Å²) in [6, 6.07) is 7.75. The molecule has 0 aromatic heterocycles. The van der Waals surface area contributed by atoms with Crippen molar-refractivity contribution in [2.75, 3.05) is 12.4 Å². The zero-order valence-electron chi connectivity index (χ0n) is 16.7. The average Bonchev–Trinajstić information content (AvgIpc) is 2.64. The fraction of sp³-hybridized carbons (Fsp3) is 0.273. The van der Waals surface area contributed by atoms with Crippen LogP contribution in [0.2, 0.25) is 0 Å². The number of carbonyl (C=O) groups excluding carboxylic acids is 1. The van der Waals surface area contributed by atoms with Gasteiger partial charge in [0.2, 0.25) is 0 Å². The van der Waals surface area contributed by atoms with Crippen molar-refractivity contribution in [3.05, 3.63) is 65.0 Å². The van der Waals surface area contributed by atoms with Gasteiger partial charge in [-0.25, -0.2) is 9.18 Å². The Morgan fingerprint density at radius 1 is 1.29 bits per heavy atom. The summed E-state index contributed by atoms with van der Waals surface area (Å²) in [6.45, 7) is 9.66. The van der Waals surface area contributed by atoms with Crippen LogP contribution in [0.5, 0.6) is 5.75 Å². The van der Waals surface area contributed by atoms with Crippen molar-refractivity contribution in [2.45, 2.75) is 33.7 Å². The van der Waals surface area contributed by atoms with Crippen LogP contribution in [0, 0.1) is 19.7 Å². The highest BCUT2D eigenvalue weighted by Gasteiger charge is 2.12. The normalized spacial score (nSPS) is 10.8. The Bertz CT molecular complexity index is 907. The number of urea groups is 1. The third-order valence-corrected chi connectivity index (χ3v) is 4.26. The summed E-state index contributed by atoms with van der Waals surface area (Å²) in [6.07, 6.45) is 2.52. The topological polar surface area (TPSA) is 62.7 Å². The second-order valence-electron chi connectivity index (χ2n) is 6.64. The van der Waals surface area contributed by atoms with Crippen molar-refractivity contribution >= 4 is 23.6 Å². The number of nitrogens with one attached hydrogen (secondary N) is 2. The van der Waals surface area contributed by atoms with E-state index in [4.69, 9.17) is 4.74 Å². The number of nitrogens with zero attached hydrogens (tertiary/aromatic N) is 1. The first kappa shape index (κ1) is 21.2. The van der Waals surface area contributed by atoms with Gasteiger partial charge in [0, 0.05) is 30.4 Å². The molecule has 0 fully saturated rings. The number of benzene rings is 2. The second kappa shape index (κ2) is 9.69. The smallest absolute Gasteiger partial charge is 0.319 e. The molecule has 6 heteroatoms. The van der Waals surface area contributed by atoms with Crippen molar-refractivity contribution < 1.29 is 13.9 Å². The first-order valence-corrected chi connectivity index (χ1v) is 8.96. The third-order valence-electron chi connectivity index (χ3n) is 4.26. The van der Waals surface area contributed by atoms with Gasteiger partial charge < -0.3 is 15.4 Å². The Balaban J connectivity index is 2.10. The molecule has 2 rings (SSSR count). The Morgan fingerprint density at radius 2 is 2.04 bits per heavy atom. The minimum atomic E-state index is -0.386. The predicted molar refractivity (Wildman–Crippen MR) is 112 cm³/mol. The van der Waals surface area contributed by atoms with Crippen LogP contribution < -0.4 is 15.4 Å². The minimum absolute atomic E-state index is 0.269. The van der Waals surface area contributed by atoms with E-state index < -0.39 is 0 Å². The molecule has 148 valence electrons. The largest absolute Gasteiger partial charge is 0.496 e. The number of aryl methyl sites for hydroxylation is 1. The molecule has 0 aliphatic carbocycles. The van der Waals surface area contributed by atoms with Crippen LogP contribution in [-0.2, 0) is 6.54 Å². The standard InChI is InChI=1S/C22H26FN3O2/c1-14(2)10-11-24-20-8-9-21(28-5)18(16(20)4)13-25-22(27)26-17-6-7-19(23)15(3)12-17/h6-9,11-12H,1,10,13H2,2-5H3,(H2,25,26,27)/b24-11-. The highest BCUT2D eigenvalue weighted by molar-refractivity contribution is 5.89. The highest BCUT2D eigenvalue weighted by Crippen LogP contribution is 2.30. The molecule has 0 saturated heterocycles. The van der Waals surface area contributed by atoms with Gasteiger partial charge >= 0.3 is 6.03 Å². The zero-order valence-corrected chi connectivity index (χ0v) is 16.7. The van der Waals surface area contributed by atoms with Crippen LogP contribution >= 0.6 is 0 Å². The molecular weight excluding hydrogens is 357 g/mol. The molecule has 0 atom stereocenters. The minimum Gasteiger partial charge on any atom is -0.496 e. The number of aliphatic imine (C=N–C) groups is 1. The lowest BCUT2D eigenvalue weighted by atomic mass is 10.1. The predicted octanol–water partition coefficient (Wildman–Crippen LogP) is 5.44. The molecule has 5 nitrogen and oxygen atoms in total. The number of halogens is 1. The molecule has 0 spiro atoms. The second-order valence-corrected chi connectivity index (χ2v) is 6.64. The Kier molecular flexibility index (Phi) is 7.32. The maximum Gasteiger partial charge on any atom is 0.319 e. The molecule has 28 heavy (non-hydrogen) atoms. The van der Waals surface area contributed by atoms with E-state index in [9.17, 15) is 9.18 Å². The van der Waals surface area contributed by atoms with E-state index in [1.807, 2.05) is 32.2 Å². The zero-order chi connectivity index (χ0) is 20.7. The van der Waals surface area contributed by atoms with Gasteiger partial charge in [-0.05, 0) is 62.2 Å². The average molecular weight is 383 g/mol.